The Morgan fingerprint density at radius 3 is 2.88 bits per heavy atom. The third kappa shape index (κ3) is 4.08. The van der Waals surface area contributed by atoms with Gasteiger partial charge in [-0.2, -0.15) is 0 Å². The van der Waals surface area contributed by atoms with E-state index in [-0.39, 0.29) is 17.5 Å². The van der Waals surface area contributed by atoms with Crippen LogP contribution < -0.4 is 4.74 Å². The predicted octanol–water partition coefficient (Wildman–Crippen LogP) is 2.96. The Balaban J connectivity index is 1.63. The Morgan fingerprint density at radius 2 is 2.12 bits per heavy atom. The van der Waals surface area contributed by atoms with Gasteiger partial charge in [0.1, 0.15) is 17.7 Å². The second-order valence-corrected chi connectivity index (χ2v) is 5.87. The monoisotopic (exact) mass is 330 g/mol. The van der Waals surface area contributed by atoms with Crippen LogP contribution in [0.2, 0.25) is 0 Å². The topological polar surface area (TPSA) is 62.7 Å². The minimum absolute atomic E-state index is 0.00111. The van der Waals surface area contributed by atoms with Gasteiger partial charge in [0.2, 0.25) is 0 Å². The molecule has 1 aliphatic rings. The minimum Gasteiger partial charge on any atom is -0.489 e. The fraction of sp³-hybridized carbons (Fsp3) is 0.333. The van der Waals surface area contributed by atoms with Crippen molar-refractivity contribution < 1.29 is 19.0 Å². The van der Waals surface area contributed by atoms with E-state index in [1.54, 1.807) is 30.5 Å². The number of carboxylic acids is 1. The van der Waals surface area contributed by atoms with Gasteiger partial charge < -0.3 is 9.84 Å². The molecule has 24 heavy (non-hydrogen) atoms. The van der Waals surface area contributed by atoms with Crippen LogP contribution in [-0.4, -0.2) is 40.2 Å². The van der Waals surface area contributed by atoms with Gasteiger partial charge in [-0.3, -0.25) is 9.88 Å². The Labute approximate surface area is 139 Å². The van der Waals surface area contributed by atoms with Crippen LogP contribution in [0.1, 0.15) is 28.9 Å². The summed E-state index contributed by atoms with van der Waals surface area (Å²) in [6.07, 6.45) is 3.49. The van der Waals surface area contributed by atoms with Crippen molar-refractivity contribution in [1.29, 1.82) is 0 Å². The van der Waals surface area contributed by atoms with E-state index in [0.29, 0.717) is 24.5 Å². The van der Waals surface area contributed by atoms with Gasteiger partial charge in [0.25, 0.3) is 0 Å². The highest BCUT2D eigenvalue weighted by molar-refractivity contribution is 5.88. The number of aromatic nitrogens is 1. The largest absolute Gasteiger partial charge is 0.489 e. The molecule has 0 saturated carbocycles. The predicted molar refractivity (Wildman–Crippen MR) is 86.5 cm³/mol. The van der Waals surface area contributed by atoms with Crippen molar-refractivity contribution >= 4 is 5.97 Å². The summed E-state index contributed by atoms with van der Waals surface area (Å²) >= 11 is 0. The first-order chi connectivity index (χ1) is 11.6. The highest BCUT2D eigenvalue weighted by Crippen LogP contribution is 2.20. The molecule has 0 amide bonds. The molecule has 2 heterocycles. The van der Waals surface area contributed by atoms with Crippen molar-refractivity contribution in [2.75, 3.05) is 13.1 Å². The van der Waals surface area contributed by atoms with E-state index in [2.05, 4.69) is 9.88 Å². The Morgan fingerprint density at radius 1 is 1.33 bits per heavy atom. The summed E-state index contributed by atoms with van der Waals surface area (Å²) in [6, 6.07) is 9.20. The summed E-state index contributed by atoms with van der Waals surface area (Å²) in [4.78, 5) is 17.6. The highest BCUT2D eigenvalue weighted by Gasteiger charge is 2.23. The zero-order valence-electron chi connectivity index (χ0n) is 13.2. The normalized spacial score (nSPS) is 18.3. The van der Waals surface area contributed by atoms with Crippen molar-refractivity contribution in [3.8, 4) is 5.75 Å². The average molecular weight is 330 g/mol. The summed E-state index contributed by atoms with van der Waals surface area (Å²) < 4.78 is 18.9. The van der Waals surface area contributed by atoms with E-state index in [1.165, 1.54) is 12.1 Å². The molecule has 1 aromatic carbocycles. The van der Waals surface area contributed by atoms with Crippen molar-refractivity contribution in [3.63, 3.8) is 0 Å². The third-order valence-electron chi connectivity index (χ3n) is 4.07. The molecular weight excluding hydrogens is 311 g/mol. The van der Waals surface area contributed by atoms with Gasteiger partial charge in [-0.15, -0.1) is 0 Å². The molecule has 126 valence electrons. The number of piperidine rings is 1. The molecular formula is C18H19FN2O3. The van der Waals surface area contributed by atoms with Crippen LogP contribution in [0, 0.1) is 5.82 Å². The third-order valence-corrected chi connectivity index (χ3v) is 4.07. The van der Waals surface area contributed by atoms with Gasteiger partial charge in [0.05, 0.1) is 11.3 Å². The standard InChI is InChI=1S/C18H19FN2O3/c19-13-5-7-14(8-6-13)24-15-3-2-10-21(11-15)12-17-16(18(22)23)4-1-9-20-17/h1,4-9,15H,2-3,10-12H2,(H,22,23). The van der Waals surface area contributed by atoms with E-state index in [1.807, 2.05) is 0 Å². The number of benzene rings is 1. The van der Waals surface area contributed by atoms with E-state index < -0.39 is 5.97 Å². The number of pyridine rings is 1. The van der Waals surface area contributed by atoms with Gasteiger partial charge >= 0.3 is 5.97 Å². The number of ether oxygens (including phenoxy) is 1. The van der Waals surface area contributed by atoms with E-state index in [4.69, 9.17) is 4.74 Å². The van der Waals surface area contributed by atoms with Crippen molar-refractivity contribution in [1.82, 2.24) is 9.88 Å². The molecule has 1 atom stereocenters. The molecule has 2 aromatic rings. The number of carboxylic acid groups (broad SMARTS) is 1. The van der Waals surface area contributed by atoms with Crippen molar-refractivity contribution in [2.45, 2.75) is 25.5 Å². The molecule has 0 aliphatic carbocycles. The van der Waals surface area contributed by atoms with Crippen molar-refractivity contribution in [2.24, 2.45) is 0 Å². The Kier molecular flexibility index (Phi) is 5.05. The van der Waals surface area contributed by atoms with Gasteiger partial charge in [0.15, 0.2) is 0 Å². The second kappa shape index (κ2) is 7.40. The summed E-state index contributed by atoms with van der Waals surface area (Å²) in [6.45, 7) is 2.04. The molecule has 1 unspecified atom stereocenters. The number of aromatic carboxylic acids is 1. The maximum absolute atomic E-state index is 13.0. The van der Waals surface area contributed by atoms with Gasteiger partial charge in [0, 0.05) is 19.3 Å². The molecule has 0 radical (unpaired) electrons. The van der Waals surface area contributed by atoms with Crippen molar-refractivity contribution in [3.05, 3.63) is 59.7 Å². The lowest BCUT2D eigenvalue weighted by Gasteiger charge is -2.32. The number of halogens is 1. The molecule has 6 heteroatoms. The first kappa shape index (κ1) is 16.4. The zero-order valence-corrected chi connectivity index (χ0v) is 13.2. The van der Waals surface area contributed by atoms with Crippen LogP contribution >= 0.6 is 0 Å². The Hall–Kier alpha value is -2.47. The molecule has 5 nitrogen and oxygen atoms in total. The fourth-order valence-electron chi connectivity index (χ4n) is 2.93. The number of hydrogen-bond donors (Lipinski definition) is 1. The molecule has 1 saturated heterocycles. The van der Waals surface area contributed by atoms with Gasteiger partial charge in [-0.05, 0) is 55.8 Å². The second-order valence-electron chi connectivity index (χ2n) is 5.87. The fourth-order valence-corrected chi connectivity index (χ4v) is 2.93. The molecule has 0 bridgehead atoms. The minimum atomic E-state index is -0.964. The van der Waals surface area contributed by atoms with Crippen LogP contribution in [0.4, 0.5) is 4.39 Å². The van der Waals surface area contributed by atoms with E-state index in [9.17, 15) is 14.3 Å². The highest BCUT2D eigenvalue weighted by atomic mass is 19.1. The van der Waals surface area contributed by atoms with E-state index in [0.717, 1.165) is 19.4 Å². The first-order valence-corrected chi connectivity index (χ1v) is 7.93. The smallest absolute Gasteiger partial charge is 0.337 e. The number of rotatable bonds is 5. The quantitative estimate of drug-likeness (QED) is 0.913. The number of likely N-dealkylation sites (tertiary alicyclic amines) is 1. The lowest BCUT2D eigenvalue weighted by atomic mass is 10.1. The number of nitrogens with zero attached hydrogens (tertiary/aromatic N) is 2. The summed E-state index contributed by atoms with van der Waals surface area (Å²) in [7, 11) is 0. The summed E-state index contributed by atoms with van der Waals surface area (Å²) in [5.74, 6) is -0.606. The maximum Gasteiger partial charge on any atom is 0.337 e. The molecule has 1 fully saturated rings. The van der Waals surface area contributed by atoms with Gasteiger partial charge in [-0.25, -0.2) is 9.18 Å². The van der Waals surface area contributed by atoms with Crippen LogP contribution in [-0.2, 0) is 6.54 Å². The number of carbonyl (C=O) groups is 1. The average Bonchev–Trinajstić information content (AvgIpc) is 2.58. The van der Waals surface area contributed by atoms with Crippen LogP contribution in [0.5, 0.6) is 5.75 Å². The number of hydrogen-bond acceptors (Lipinski definition) is 4. The van der Waals surface area contributed by atoms with Crippen LogP contribution in [0.3, 0.4) is 0 Å². The zero-order chi connectivity index (χ0) is 16.9. The van der Waals surface area contributed by atoms with Crippen LogP contribution in [0.15, 0.2) is 42.6 Å². The van der Waals surface area contributed by atoms with Gasteiger partial charge in [-0.1, -0.05) is 0 Å². The molecule has 1 N–H and O–H groups in total. The lowest BCUT2D eigenvalue weighted by molar-refractivity contribution is 0.0686. The van der Waals surface area contributed by atoms with Crippen LogP contribution in [0.25, 0.3) is 0 Å². The van der Waals surface area contributed by atoms with E-state index >= 15 is 0 Å². The lowest BCUT2D eigenvalue weighted by Crippen LogP contribution is -2.41. The molecule has 3 rings (SSSR count). The first-order valence-electron chi connectivity index (χ1n) is 7.93. The summed E-state index contributed by atoms with van der Waals surface area (Å²) in [5.41, 5.74) is 0.798. The molecule has 1 aromatic heterocycles. The molecule has 1 aliphatic heterocycles. The molecule has 0 spiro atoms. The summed E-state index contributed by atoms with van der Waals surface area (Å²) in [5, 5.41) is 9.25. The SMILES string of the molecule is O=C(O)c1cccnc1CN1CCCC(Oc2ccc(F)cc2)C1. The maximum atomic E-state index is 13.0. The Bertz CT molecular complexity index is 706.